The molecule has 23 heavy (non-hydrogen) atoms. The Bertz CT molecular complexity index is 1010. The summed E-state index contributed by atoms with van der Waals surface area (Å²) in [6.07, 6.45) is 0. The zero-order valence-corrected chi connectivity index (χ0v) is 12.4. The first kappa shape index (κ1) is 13.5. The van der Waals surface area contributed by atoms with E-state index in [9.17, 15) is 0 Å². The van der Waals surface area contributed by atoms with E-state index in [2.05, 4.69) is 26.3 Å². The summed E-state index contributed by atoms with van der Waals surface area (Å²) in [5.41, 5.74) is 2.80. The van der Waals surface area contributed by atoms with Crippen molar-refractivity contribution < 1.29 is 0 Å². The van der Waals surface area contributed by atoms with E-state index in [0.717, 1.165) is 27.5 Å². The van der Waals surface area contributed by atoms with Crippen LogP contribution in [0.1, 0.15) is 5.69 Å². The minimum Gasteiger partial charge on any atom is -0.251 e. The van der Waals surface area contributed by atoms with Crippen LogP contribution in [0.3, 0.4) is 0 Å². The zero-order chi connectivity index (χ0) is 15.5. The fourth-order valence-corrected chi connectivity index (χ4v) is 2.49. The molecular formula is C19H14N4. The Morgan fingerprint density at radius 1 is 0.652 bits per heavy atom. The molecule has 0 fully saturated rings. The van der Waals surface area contributed by atoms with Gasteiger partial charge in [0, 0.05) is 10.8 Å². The average molecular weight is 298 g/mol. The normalized spacial score (nSPS) is 11.5. The number of para-hydroxylation sites is 2. The third-order valence-electron chi connectivity index (χ3n) is 3.65. The molecule has 0 atom stereocenters. The Morgan fingerprint density at radius 3 is 2.09 bits per heavy atom. The topological polar surface area (TPSA) is 50.5 Å². The predicted octanol–water partition coefficient (Wildman–Crippen LogP) is 5.07. The maximum absolute atomic E-state index is 4.58. The van der Waals surface area contributed by atoms with Crippen molar-refractivity contribution in [2.75, 3.05) is 0 Å². The monoisotopic (exact) mass is 298 g/mol. The highest BCUT2D eigenvalue weighted by Crippen LogP contribution is 2.17. The lowest BCUT2D eigenvalue weighted by molar-refractivity contribution is 0.916. The maximum atomic E-state index is 4.58. The molecule has 0 spiro atoms. The number of fused-ring (bicyclic) bond motifs is 2. The lowest BCUT2D eigenvalue weighted by Gasteiger charge is -2.00. The van der Waals surface area contributed by atoms with Crippen LogP contribution in [0.25, 0.3) is 21.8 Å². The lowest BCUT2D eigenvalue weighted by atomic mass is 10.2. The fourth-order valence-electron chi connectivity index (χ4n) is 2.49. The van der Waals surface area contributed by atoms with Gasteiger partial charge in [-0.3, -0.25) is 4.98 Å². The van der Waals surface area contributed by atoms with Crippen LogP contribution in [-0.2, 0) is 6.54 Å². The van der Waals surface area contributed by atoms with Crippen molar-refractivity contribution >= 4 is 27.6 Å². The molecule has 0 bridgehead atoms. The second-order valence-corrected chi connectivity index (χ2v) is 5.26. The molecule has 4 rings (SSSR count). The van der Waals surface area contributed by atoms with Gasteiger partial charge in [0.15, 0.2) is 5.82 Å². The summed E-state index contributed by atoms with van der Waals surface area (Å²) in [5.74, 6) is 0.615. The molecule has 2 aromatic heterocycles. The molecule has 2 aromatic carbocycles. The molecular weight excluding hydrogens is 284 g/mol. The minimum atomic E-state index is 0.444. The summed E-state index contributed by atoms with van der Waals surface area (Å²) in [6, 6.07) is 23.9. The molecule has 0 saturated carbocycles. The van der Waals surface area contributed by atoms with E-state index in [1.54, 1.807) is 0 Å². The van der Waals surface area contributed by atoms with Gasteiger partial charge in [0.25, 0.3) is 0 Å². The lowest BCUT2D eigenvalue weighted by Crippen LogP contribution is -1.87. The number of hydrogen-bond donors (Lipinski definition) is 0. The Hall–Kier alpha value is -3.14. The van der Waals surface area contributed by atoms with Crippen LogP contribution < -0.4 is 0 Å². The smallest absolute Gasteiger partial charge is 0.174 e. The maximum Gasteiger partial charge on any atom is 0.174 e. The molecule has 0 aliphatic rings. The molecule has 0 amide bonds. The first-order valence-corrected chi connectivity index (χ1v) is 7.46. The number of azo groups is 1. The standard InChI is InChI=1S/C19H14N4/c1-3-7-17-14(5-1)9-11-16(21-17)13-20-23-19-12-10-15-6-2-4-8-18(15)22-19/h1-12H,13H2. The fraction of sp³-hybridized carbons (Fsp3) is 0.0526. The van der Waals surface area contributed by atoms with Crippen molar-refractivity contribution in [3.63, 3.8) is 0 Å². The predicted molar refractivity (Wildman–Crippen MR) is 91.7 cm³/mol. The second kappa shape index (κ2) is 5.93. The molecule has 0 N–H and O–H groups in total. The van der Waals surface area contributed by atoms with E-state index in [1.165, 1.54) is 0 Å². The quantitative estimate of drug-likeness (QED) is 0.496. The Balaban J connectivity index is 1.55. The van der Waals surface area contributed by atoms with E-state index in [4.69, 9.17) is 0 Å². The Morgan fingerprint density at radius 2 is 1.30 bits per heavy atom. The van der Waals surface area contributed by atoms with Crippen LogP contribution in [0.15, 0.2) is 83.0 Å². The van der Waals surface area contributed by atoms with Gasteiger partial charge >= 0.3 is 0 Å². The third-order valence-corrected chi connectivity index (χ3v) is 3.65. The van der Waals surface area contributed by atoms with Crippen molar-refractivity contribution in [1.29, 1.82) is 0 Å². The molecule has 0 saturated heterocycles. The van der Waals surface area contributed by atoms with Gasteiger partial charge in [0.05, 0.1) is 16.7 Å². The van der Waals surface area contributed by atoms with Crippen LogP contribution in [0.5, 0.6) is 0 Å². The number of benzene rings is 2. The van der Waals surface area contributed by atoms with Gasteiger partial charge < -0.3 is 0 Å². The van der Waals surface area contributed by atoms with Gasteiger partial charge in [-0.05, 0) is 30.3 Å². The summed E-state index contributed by atoms with van der Waals surface area (Å²) in [7, 11) is 0. The van der Waals surface area contributed by atoms with Crippen LogP contribution in [-0.4, -0.2) is 9.97 Å². The molecule has 2 heterocycles. The highest BCUT2D eigenvalue weighted by Gasteiger charge is 1.98. The second-order valence-electron chi connectivity index (χ2n) is 5.26. The van der Waals surface area contributed by atoms with E-state index < -0.39 is 0 Å². The van der Waals surface area contributed by atoms with Gasteiger partial charge in [-0.2, -0.15) is 5.11 Å². The van der Waals surface area contributed by atoms with E-state index in [1.807, 2.05) is 66.7 Å². The number of rotatable bonds is 3. The molecule has 0 aliphatic carbocycles. The van der Waals surface area contributed by atoms with Crippen LogP contribution >= 0.6 is 0 Å². The van der Waals surface area contributed by atoms with Crippen molar-refractivity contribution in [3.05, 3.63) is 78.5 Å². The molecule has 4 nitrogen and oxygen atoms in total. The molecule has 4 aromatic rings. The largest absolute Gasteiger partial charge is 0.251 e. The number of pyridine rings is 2. The Kier molecular flexibility index (Phi) is 3.48. The van der Waals surface area contributed by atoms with Gasteiger partial charge in [0.2, 0.25) is 0 Å². The van der Waals surface area contributed by atoms with Gasteiger partial charge in [-0.25, -0.2) is 4.98 Å². The minimum absolute atomic E-state index is 0.444. The van der Waals surface area contributed by atoms with Crippen LogP contribution in [0, 0.1) is 0 Å². The van der Waals surface area contributed by atoms with Gasteiger partial charge in [-0.1, -0.05) is 42.5 Å². The van der Waals surface area contributed by atoms with Crippen molar-refractivity contribution in [2.45, 2.75) is 6.54 Å². The van der Waals surface area contributed by atoms with Gasteiger partial charge in [-0.15, -0.1) is 5.11 Å². The Labute approximate surface area is 133 Å². The highest BCUT2D eigenvalue weighted by molar-refractivity contribution is 5.79. The highest BCUT2D eigenvalue weighted by atomic mass is 15.1. The van der Waals surface area contributed by atoms with E-state index >= 15 is 0 Å². The third kappa shape index (κ3) is 2.92. The first-order chi connectivity index (χ1) is 11.4. The van der Waals surface area contributed by atoms with Crippen LogP contribution in [0.4, 0.5) is 5.82 Å². The van der Waals surface area contributed by atoms with Crippen LogP contribution in [0.2, 0.25) is 0 Å². The average Bonchev–Trinajstić information content (AvgIpc) is 2.61. The molecule has 0 radical (unpaired) electrons. The first-order valence-electron chi connectivity index (χ1n) is 7.46. The van der Waals surface area contributed by atoms with E-state index in [0.29, 0.717) is 12.4 Å². The summed E-state index contributed by atoms with van der Waals surface area (Å²) in [4.78, 5) is 9.06. The summed E-state index contributed by atoms with van der Waals surface area (Å²) < 4.78 is 0. The van der Waals surface area contributed by atoms with Crippen molar-refractivity contribution in [3.8, 4) is 0 Å². The summed E-state index contributed by atoms with van der Waals surface area (Å²) in [6.45, 7) is 0.444. The van der Waals surface area contributed by atoms with Crippen molar-refractivity contribution in [2.24, 2.45) is 10.2 Å². The SMILES string of the molecule is c1ccc2nc(CN=Nc3ccc4ccccc4n3)ccc2c1. The number of aromatic nitrogens is 2. The summed E-state index contributed by atoms with van der Waals surface area (Å²) >= 11 is 0. The molecule has 110 valence electrons. The van der Waals surface area contributed by atoms with Gasteiger partial charge in [0.1, 0.15) is 6.54 Å². The number of hydrogen-bond acceptors (Lipinski definition) is 4. The van der Waals surface area contributed by atoms with E-state index in [-0.39, 0.29) is 0 Å². The number of nitrogens with zero attached hydrogens (tertiary/aromatic N) is 4. The molecule has 0 aliphatic heterocycles. The zero-order valence-electron chi connectivity index (χ0n) is 12.4. The molecule has 4 heteroatoms. The molecule has 0 unspecified atom stereocenters. The van der Waals surface area contributed by atoms with Crippen molar-refractivity contribution in [1.82, 2.24) is 9.97 Å². The summed E-state index contributed by atoms with van der Waals surface area (Å²) in [5, 5.41) is 10.7.